The van der Waals surface area contributed by atoms with E-state index in [1.165, 1.54) is 6.42 Å². The van der Waals surface area contributed by atoms with Gasteiger partial charge in [-0.05, 0) is 36.8 Å². The molecule has 4 heteroatoms. The maximum atomic E-state index is 10.6. The monoisotopic (exact) mass is 248 g/mol. The molecule has 0 aliphatic heterocycles. The second-order valence-corrected chi connectivity index (χ2v) is 5.87. The van der Waals surface area contributed by atoms with Crippen LogP contribution in [0, 0.1) is 21.4 Å². The first kappa shape index (κ1) is 13.0. The van der Waals surface area contributed by atoms with E-state index >= 15 is 0 Å². The molecular weight excluding hydrogens is 228 g/mol. The molecule has 1 saturated carbocycles. The van der Waals surface area contributed by atoms with E-state index in [-0.39, 0.29) is 16.7 Å². The van der Waals surface area contributed by atoms with E-state index in [1.807, 2.05) is 12.1 Å². The third-order valence-electron chi connectivity index (χ3n) is 3.99. The summed E-state index contributed by atoms with van der Waals surface area (Å²) in [6.45, 7) is 7.69. The summed E-state index contributed by atoms with van der Waals surface area (Å²) in [5, 5.41) is 14.1. The van der Waals surface area contributed by atoms with Crippen LogP contribution in [0.25, 0.3) is 0 Å². The quantitative estimate of drug-likeness (QED) is 0.642. The Labute approximate surface area is 108 Å². The lowest BCUT2D eigenvalue weighted by Gasteiger charge is -2.14. The zero-order valence-corrected chi connectivity index (χ0v) is 11.1. The van der Waals surface area contributed by atoms with Crippen LogP contribution in [0.4, 0.5) is 5.69 Å². The number of hydrogen-bond acceptors (Lipinski definition) is 3. The summed E-state index contributed by atoms with van der Waals surface area (Å²) in [4.78, 5) is 10.2. The molecule has 4 nitrogen and oxygen atoms in total. The molecule has 18 heavy (non-hydrogen) atoms. The Hall–Kier alpha value is -1.42. The van der Waals surface area contributed by atoms with Crippen molar-refractivity contribution >= 4 is 5.69 Å². The SMILES string of the molecule is CC(NCC1CC1(C)C)c1ccc([N+](=O)[O-])cc1. The lowest BCUT2D eigenvalue weighted by molar-refractivity contribution is -0.384. The van der Waals surface area contributed by atoms with Gasteiger partial charge in [-0.1, -0.05) is 26.0 Å². The third-order valence-corrected chi connectivity index (χ3v) is 3.99. The standard InChI is InChI=1S/C14H20N2O2/c1-10(15-9-12-8-14(12,2)3)11-4-6-13(7-5-11)16(17)18/h4-7,10,12,15H,8-9H2,1-3H3. The molecule has 2 unspecified atom stereocenters. The summed E-state index contributed by atoms with van der Waals surface area (Å²) in [5.41, 5.74) is 1.73. The van der Waals surface area contributed by atoms with Crippen LogP contribution in [0.5, 0.6) is 0 Å². The molecule has 1 aromatic rings. The summed E-state index contributed by atoms with van der Waals surface area (Å²) in [7, 11) is 0. The van der Waals surface area contributed by atoms with E-state index in [0.717, 1.165) is 18.0 Å². The molecule has 1 aromatic carbocycles. The summed E-state index contributed by atoms with van der Waals surface area (Å²) < 4.78 is 0. The van der Waals surface area contributed by atoms with Crippen LogP contribution in [0.1, 0.15) is 38.8 Å². The Morgan fingerprint density at radius 1 is 1.44 bits per heavy atom. The highest BCUT2D eigenvalue weighted by Crippen LogP contribution is 2.51. The van der Waals surface area contributed by atoms with Crippen molar-refractivity contribution in [3.8, 4) is 0 Å². The van der Waals surface area contributed by atoms with Crippen LogP contribution in [0.3, 0.4) is 0 Å². The third kappa shape index (κ3) is 2.88. The van der Waals surface area contributed by atoms with Crippen LogP contribution < -0.4 is 5.32 Å². The molecular formula is C14H20N2O2. The maximum Gasteiger partial charge on any atom is 0.269 e. The van der Waals surface area contributed by atoms with Gasteiger partial charge >= 0.3 is 0 Å². The topological polar surface area (TPSA) is 55.2 Å². The number of rotatable bonds is 5. The predicted octanol–water partition coefficient (Wildman–Crippen LogP) is 3.29. The van der Waals surface area contributed by atoms with Crippen molar-refractivity contribution in [2.24, 2.45) is 11.3 Å². The minimum Gasteiger partial charge on any atom is -0.310 e. The van der Waals surface area contributed by atoms with E-state index in [1.54, 1.807) is 12.1 Å². The number of nitrogens with one attached hydrogen (secondary N) is 1. The van der Waals surface area contributed by atoms with Gasteiger partial charge in [0.2, 0.25) is 0 Å². The Bertz CT molecular complexity index is 440. The normalized spacial score (nSPS) is 22.5. The van der Waals surface area contributed by atoms with Gasteiger partial charge in [0.15, 0.2) is 0 Å². The van der Waals surface area contributed by atoms with Crippen molar-refractivity contribution in [1.29, 1.82) is 0 Å². The maximum absolute atomic E-state index is 10.6. The van der Waals surface area contributed by atoms with Crippen LogP contribution in [-0.4, -0.2) is 11.5 Å². The van der Waals surface area contributed by atoms with Gasteiger partial charge in [-0.2, -0.15) is 0 Å². The van der Waals surface area contributed by atoms with Gasteiger partial charge in [0, 0.05) is 18.2 Å². The first-order valence-electron chi connectivity index (χ1n) is 6.38. The molecule has 0 bridgehead atoms. The largest absolute Gasteiger partial charge is 0.310 e. The number of nitro groups is 1. The summed E-state index contributed by atoms with van der Waals surface area (Å²) in [5.74, 6) is 0.762. The number of hydrogen-bond donors (Lipinski definition) is 1. The van der Waals surface area contributed by atoms with E-state index in [9.17, 15) is 10.1 Å². The Balaban J connectivity index is 1.88. The van der Waals surface area contributed by atoms with Gasteiger partial charge in [-0.25, -0.2) is 0 Å². The molecule has 2 rings (SSSR count). The van der Waals surface area contributed by atoms with Gasteiger partial charge in [-0.3, -0.25) is 10.1 Å². The molecule has 1 fully saturated rings. The predicted molar refractivity (Wildman–Crippen MR) is 71.4 cm³/mol. The molecule has 1 aliphatic carbocycles. The lowest BCUT2D eigenvalue weighted by Crippen LogP contribution is -2.22. The van der Waals surface area contributed by atoms with Gasteiger partial charge in [0.05, 0.1) is 4.92 Å². The summed E-state index contributed by atoms with van der Waals surface area (Å²) in [6.07, 6.45) is 1.28. The van der Waals surface area contributed by atoms with Gasteiger partial charge in [0.1, 0.15) is 0 Å². The average molecular weight is 248 g/mol. The molecule has 1 N–H and O–H groups in total. The fourth-order valence-electron chi connectivity index (χ4n) is 2.25. The molecule has 0 aromatic heterocycles. The fraction of sp³-hybridized carbons (Fsp3) is 0.571. The Kier molecular flexibility index (Phi) is 3.39. The van der Waals surface area contributed by atoms with Crippen molar-refractivity contribution in [2.75, 3.05) is 6.54 Å². The number of nitrogens with zero attached hydrogens (tertiary/aromatic N) is 1. The minimum absolute atomic E-state index is 0.147. The van der Waals surface area contributed by atoms with Gasteiger partial charge in [-0.15, -0.1) is 0 Å². The molecule has 98 valence electrons. The first-order chi connectivity index (χ1) is 8.40. The molecule has 2 atom stereocenters. The number of nitro benzene ring substituents is 1. The zero-order valence-electron chi connectivity index (χ0n) is 11.1. The highest BCUT2D eigenvalue weighted by atomic mass is 16.6. The molecule has 0 spiro atoms. The minimum atomic E-state index is -0.366. The van der Waals surface area contributed by atoms with Crippen LogP contribution in [0.15, 0.2) is 24.3 Å². The van der Waals surface area contributed by atoms with E-state index in [2.05, 4.69) is 26.1 Å². The average Bonchev–Trinajstić information content (AvgIpc) is 2.94. The number of non-ortho nitro benzene ring substituents is 1. The second kappa shape index (κ2) is 4.69. The van der Waals surface area contributed by atoms with Crippen molar-refractivity contribution in [3.63, 3.8) is 0 Å². The summed E-state index contributed by atoms with van der Waals surface area (Å²) >= 11 is 0. The van der Waals surface area contributed by atoms with E-state index in [4.69, 9.17) is 0 Å². The van der Waals surface area contributed by atoms with Crippen molar-refractivity contribution in [3.05, 3.63) is 39.9 Å². The molecule has 1 aliphatic rings. The van der Waals surface area contributed by atoms with Crippen LogP contribution in [-0.2, 0) is 0 Å². The highest BCUT2D eigenvalue weighted by molar-refractivity contribution is 5.34. The second-order valence-electron chi connectivity index (χ2n) is 5.87. The van der Waals surface area contributed by atoms with Crippen LogP contribution >= 0.6 is 0 Å². The zero-order chi connectivity index (χ0) is 13.3. The molecule has 0 amide bonds. The smallest absolute Gasteiger partial charge is 0.269 e. The number of benzene rings is 1. The Morgan fingerprint density at radius 3 is 2.44 bits per heavy atom. The van der Waals surface area contributed by atoms with E-state index in [0.29, 0.717) is 5.41 Å². The highest BCUT2D eigenvalue weighted by Gasteiger charge is 2.44. The van der Waals surface area contributed by atoms with Crippen LogP contribution in [0.2, 0.25) is 0 Å². The van der Waals surface area contributed by atoms with Crippen molar-refractivity contribution in [1.82, 2.24) is 5.32 Å². The molecule has 0 heterocycles. The molecule has 0 saturated heterocycles. The van der Waals surface area contributed by atoms with E-state index < -0.39 is 0 Å². The lowest BCUT2D eigenvalue weighted by atomic mass is 10.1. The Morgan fingerprint density at radius 2 is 2.00 bits per heavy atom. The summed E-state index contributed by atoms with van der Waals surface area (Å²) in [6, 6.07) is 7.02. The van der Waals surface area contributed by atoms with Gasteiger partial charge in [0.25, 0.3) is 5.69 Å². The van der Waals surface area contributed by atoms with Crippen molar-refractivity contribution in [2.45, 2.75) is 33.2 Å². The molecule has 0 radical (unpaired) electrons. The van der Waals surface area contributed by atoms with Crippen molar-refractivity contribution < 1.29 is 4.92 Å². The fourth-order valence-corrected chi connectivity index (χ4v) is 2.25. The van der Waals surface area contributed by atoms with Gasteiger partial charge < -0.3 is 5.32 Å². The first-order valence-corrected chi connectivity index (χ1v) is 6.38.